The quantitative estimate of drug-likeness (QED) is 0.813. The third kappa shape index (κ3) is 3.57. The molecule has 102 valence electrons. The molecule has 2 N–H and O–H groups in total. The standard InChI is InChI=1S/C14H18N2O2S/c1-12-9-16(19(17,18)11-12)10-14-5-2-4-13(8-14)6-3-7-15/h2,4-5,8,12H,7,9-11,15H2,1H3. The van der Waals surface area contributed by atoms with E-state index in [9.17, 15) is 8.42 Å². The highest BCUT2D eigenvalue weighted by atomic mass is 32.2. The van der Waals surface area contributed by atoms with Crippen molar-refractivity contribution in [2.75, 3.05) is 18.8 Å². The molecule has 4 nitrogen and oxygen atoms in total. The van der Waals surface area contributed by atoms with Crippen LogP contribution < -0.4 is 5.73 Å². The van der Waals surface area contributed by atoms with Gasteiger partial charge in [0, 0.05) is 18.7 Å². The van der Waals surface area contributed by atoms with Crippen LogP contribution in [0.4, 0.5) is 0 Å². The first-order valence-electron chi connectivity index (χ1n) is 6.27. The van der Waals surface area contributed by atoms with E-state index in [1.807, 2.05) is 31.2 Å². The minimum absolute atomic E-state index is 0.199. The maximum Gasteiger partial charge on any atom is 0.214 e. The van der Waals surface area contributed by atoms with E-state index in [-0.39, 0.29) is 11.7 Å². The van der Waals surface area contributed by atoms with E-state index in [1.165, 1.54) is 0 Å². The molecule has 0 spiro atoms. The van der Waals surface area contributed by atoms with Crippen LogP contribution in [0.3, 0.4) is 0 Å². The molecule has 1 aromatic carbocycles. The number of sulfonamides is 1. The zero-order valence-electron chi connectivity index (χ0n) is 11.0. The lowest BCUT2D eigenvalue weighted by atomic mass is 10.1. The first kappa shape index (κ1) is 14.1. The van der Waals surface area contributed by atoms with Crippen LogP contribution in [0.15, 0.2) is 24.3 Å². The second-order valence-electron chi connectivity index (χ2n) is 4.88. The topological polar surface area (TPSA) is 63.4 Å². The van der Waals surface area contributed by atoms with Crippen molar-refractivity contribution in [1.82, 2.24) is 4.31 Å². The second-order valence-corrected chi connectivity index (χ2v) is 6.90. The highest BCUT2D eigenvalue weighted by molar-refractivity contribution is 7.89. The molecule has 2 rings (SSSR count). The van der Waals surface area contributed by atoms with E-state index < -0.39 is 10.0 Å². The summed E-state index contributed by atoms with van der Waals surface area (Å²) in [5.41, 5.74) is 7.16. The van der Waals surface area contributed by atoms with Gasteiger partial charge in [-0.05, 0) is 23.6 Å². The molecule has 1 aliphatic rings. The zero-order chi connectivity index (χ0) is 13.9. The SMILES string of the molecule is CC1CN(Cc2cccc(C#CCN)c2)S(=O)(=O)C1. The number of nitrogens with zero attached hydrogens (tertiary/aromatic N) is 1. The fourth-order valence-corrected chi connectivity index (χ4v) is 4.11. The number of rotatable bonds is 2. The van der Waals surface area contributed by atoms with Crippen LogP contribution in [0.1, 0.15) is 18.1 Å². The smallest absolute Gasteiger partial charge is 0.214 e. The molecule has 1 atom stereocenters. The maximum absolute atomic E-state index is 11.9. The highest BCUT2D eigenvalue weighted by Gasteiger charge is 2.33. The fourth-order valence-electron chi connectivity index (χ4n) is 2.25. The summed E-state index contributed by atoms with van der Waals surface area (Å²) in [4.78, 5) is 0. The molecule has 0 radical (unpaired) electrons. The lowest BCUT2D eigenvalue weighted by Gasteiger charge is -2.14. The Labute approximate surface area is 114 Å². The van der Waals surface area contributed by atoms with Crippen molar-refractivity contribution in [1.29, 1.82) is 0 Å². The average molecular weight is 278 g/mol. The van der Waals surface area contributed by atoms with Crippen LogP contribution in [0.5, 0.6) is 0 Å². The van der Waals surface area contributed by atoms with Gasteiger partial charge in [-0.1, -0.05) is 30.9 Å². The number of benzene rings is 1. The van der Waals surface area contributed by atoms with Crippen LogP contribution >= 0.6 is 0 Å². The number of nitrogens with two attached hydrogens (primary N) is 1. The Morgan fingerprint density at radius 2 is 2.26 bits per heavy atom. The Morgan fingerprint density at radius 1 is 1.47 bits per heavy atom. The highest BCUT2D eigenvalue weighted by Crippen LogP contribution is 2.21. The molecule has 1 aromatic rings. The average Bonchev–Trinajstić information content (AvgIpc) is 2.60. The summed E-state index contributed by atoms with van der Waals surface area (Å²) in [5.74, 6) is 6.20. The molecule has 1 aliphatic heterocycles. The Morgan fingerprint density at radius 3 is 2.89 bits per heavy atom. The van der Waals surface area contributed by atoms with Gasteiger partial charge in [0.2, 0.25) is 10.0 Å². The van der Waals surface area contributed by atoms with E-state index in [0.717, 1.165) is 11.1 Å². The van der Waals surface area contributed by atoms with Gasteiger partial charge in [-0.25, -0.2) is 8.42 Å². The van der Waals surface area contributed by atoms with Gasteiger partial charge in [0.05, 0.1) is 12.3 Å². The van der Waals surface area contributed by atoms with Gasteiger partial charge >= 0.3 is 0 Å². The summed E-state index contributed by atoms with van der Waals surface area (Å²) in [6.45, 7) is 3.30. The first-order valence-corrected chi connectivity index (χ1v) is 7.88. The number of hydrogen-bond donors (Lipinski definition) is 1. The lowest BCUT2D eigenvalue weighted by molar-refractivity contribution is 0.409. The van der Waals surface area contributed by atoms with Gasteiger partial charge in [0.1, 0.15) is 0 Å². The number of hydrogen-bond acceptors (Lipinski definition) is 3. The van der Waals surface area contributed by atoms with Crippen molar-refractivity contribution in [3.05, 3.63) is 35.4 Å². The lowest BCUT2D eigenvalue weighted by Crippen LogP contribution is -2.25. The summed E-state index contributed by atoms with van der Waals surface area (Å²) in [6.07, 6.45) is 0. The van der Waals surface area contributed by atoms with Gasteiger partial charge in [0.25, 0.3) is 0 Å². The molecule has 0 saturated carbocycles. The van der Waals surface area contributed by atoms with Crippen molar-refractivity contribution < 1.29 is 8.42 Å². The van der Waals surface area contributed by atoms with Crippen molar-refractivity contribution in [2.45, 2.75) is 13.5 Å². The molecule has 19 heavy (non-hydrogen) atoms. The van der Waals surface area contributed by atoms with E-state index in [1.54, 1.807) is 4.31 Å². The van der Waals surface area contributed by atoms with E-state index in [2.05, 4.69) is 11.8 Å². The molecule has 0 bridgehead atoms. The normalized spacial score (nSPS) is 21.9. The van der Waals surface area contributed by atoms with Crippen molar-refractivity contribution in [2.24, 2.45) is 11.7 Å². The summed E-state index contributed by atoms with van der Waals surface area (Å²) < 4.78 is 25.4. The van der Waals surface area contributed by atoms with E-state index in [0.29, 0.717) is 19.6 Å². The predicted molar refractivity (Wildman–Crippen MR) is 75.7 cm³/mol. The van der Waals surface area contributed by atoms with E-state index >= 15 is 0 Å². The molecule has 5 heteroatoms. The Kier molecular flexibility index (Phi) is 4.25. The van der Waals surface area contributed by atoms with Gasteiger partial charge in [-0.2, -0.15) is 4.31 Å². The largest absolute Gasteiger partial charge is 0.320 e. The van der Waals surface area contributed by atoms with Gasteiger partial charge in [-0.15, -0.1) is 0 Å². The molecule has 1 fully saturated rings. The first-order chi connectivity index (χ1) is 9.01. The molecular weight excluding hydrogens is 260 g/mol. The third-order valence-electron chi connectivity index (χ3n) is 3.02. The second kappa shape index (κ2) is 5.74. The molecule has 0 aliphatic carbocycles. The zero-order valence-corrected chi connectivity index (χ0v) is 11.8. The predicted octanol–water partition coefficient (Wildman–Crippen LogP) is 0.778. The summed E-state index contributed by atoms with van der Waals surface area (Å²) in [5, 5.41) is 0. The Hall–Kier alpha value is -1.35. The van der Waals surface area contributed by atoms with Crippen LogP contribution in [-0.2, 0) is 16.6 Å². The third-order valence-corrected chi connectivity index (χ3v) is 5.08. The van der Waals surface area contributed by atoms with Crippen molar-refractivity contribution in [3.8, 4) is 11.8 Å². The summed E-state index contributed by atoms with van der Waals surface area (Å²) in [7, 11) is -3.09. The molecule has 1 unspecified atom stereocenters. The van der Waals surface area contributed by atoms with Gasteiger partial charge in [0.15, 0.2) is 0 Å². The van der Waals surface area contributed by atoms with Gasteiger partial charge in [-0.3, -0.25) is 0 Å². The van der Waals surface area contributed by atoms with Crippen LogP contribution in [0, 0.1) is 17.8 Å². The minimum Gasteiger partial charge on any atom is -0.320 e. The van der Waals surface area contributed by atoms with Crippen LogP contribution in [0.2, 0.25) is 0 Å². The van der Waals surface area contributed by atoms with Crippen molar-refractivity contribution in [3.63, 3.8) is 0 Å². The van der Waals surface area contributed by atoms with Crippen LogP contribution in [-0.4, -0.2) is 31.6 Å². The molecular formula is C14H18N2O2S. The molecule has 0 aromatic heterocycles. The van der Waals surface area contributed by atoms with Crippen LogP contribution in [0.25, 0.3) is 0 Å². The summed E-state index contributed by atoms with van der Waals surface area (Å²) >= 11 is 0. The maximum atomic E-state index is 11.9. The van der Waals surface area contributed by atoms with E-state index in [4.69, 9.17) is 5.73 Å². The Balaban J connectivity index is 2.16. The molecule has 1 heterocycles. The molecule has 0 amide bonds. The van der Waals surface area contributed by atoms with Gasteiger partial charge < -0.3 is 5.73 Å². The summed E-state index contributed by atoms with van der Waals surface area (Å²) in [6, 6.07) is 7.63. The Bertz CT molecular complexity index is 614. The molecule has 1 saturated heterocycles. The monoisotopic (exact) mass is 278 g/mol. The minimum atomic E-state index is -3.09. The van der Waals surface area contributed by atoms with Crippen molar-refractivity contribution >= 4 is 10.0 Å². The fraction of sp³-hybridized carbons (Fsp3) is 0.429.